The minimum absolute atomic E-state index is 0.177. The van der Waals surface area contributed by atoms with Crippen LogP contribution in [0.2, 0.25) is 0 Å². The van der Waals surface area contributed by atoms with Crippen LogP contribution < -0.4 is 5.73 Å². The number of carbonyl (C=O) groups excluding carboxylic acids is 1. The van der Waals surface area contributed by atoms with E-state index < -0.39 is 0 Å². The van der Waals surface area contributed by atoms with Crippen molar-refractivity contribution in [2.75, 3.05) is 20.2 Å². The third-order valence-corrected chi connectivity index (χ3v) is 2.02. The zero-order valence-electron chi connectivity index (χ0n) is 6.75. The Morgan fingerprint density at radius 3 is 3.00 bits per heavy atom. The molecule has 0 saturated carbocycles. The summed E-state index contributed by atoms with van der Waals surface area (Å²) >= 11 is 0. The first kappa shape index (κ1) is 8.33. The van der Waals surface area contributed by atoms with Gasteiger partial charge in [-0.2, -0.15) is 0 Å². The number of nitrogens with zero attached hydrogens (tertiary/aromatic N) is 1. The smallest absolute Gasteiger partial charge is 0.314 e. The van der Waals surface area contributed by atoms with E-state index in [1.54, 1.807) is 12.0 Å². The number of piperidine rings is 1. The molecule has 0 bridgehead atoms. The first-order valence-corrected chi connectivity index (χ1v) is 3.81. The molecule has 1 aliphatic rings. The van der Waals surface area contributed by atoms with Crippen molar-refractivity contribution in [3.63, 3.8) is 0 Å². The molecule has 0 aliphatic carbocycles. The van der Waals surface area contributed by atoms with E-state index in [4.69, 9.17) is 10.5 Å². The summed E-state index contributed by atoms with van der Waals surface area (Å²) in [4.78, 5) is 12.3. The number of hydrogen-bond donors (Lipinski definition) is 1. The van der Waals surface area contributed by atoms with Crippen molar-refractivity contribution < 1.29 is 9.53 Å². The molecule has 64 valence electrons. The molecule has 0 aromatic heterocycles. The highest BCUT2D eigenvalue weighted by atomic mass is 16.5. The molecule has 1 heterocycles. The highest BCUT2D eigenvalue weighted by molar-refractivity contribution is 5.72. The lowest BCUT2D eigenvalue weighted by Crippen LogP contribution is -2.45. The third-order valence-electron chi connectivity index (χ3n) is 2.02. The molecule has 4 heteroatoms. The molecular formula is C7H14N2O2. The van der Waals surface area contributed by atoms with Crippen LogP contribution in [0.3, 0.4) is 0 Å². The molecule has 1 aliphatic heterocycles. The molecule has 1 unspecified atom stereocenters. The molecule has 0 aromatic rings. The number of carbonyl (C=O) groups is 1. The Morgan fingerprint density at radius 2 is 2.45 bits per heavy atom. The standard InChI is InChI=1S/C7H14N2O2/c1-11-6-3-2-4-9(5-6)7(8)10/h6H,2-5H2,1H3,(H2,8,10). The van der Waals surface area contributed by atoms with Crippen molar-refractivity contribution >= 4 is 6.03 Å². The van der Waals surface area contributed by atoms with E-state index in [1.807, 2.05) is 0 Å². The summed E-state index contributed by atoms with van der Waals surface area (Å²) in [5.74, 6) is 0. The second kappa shape index (κ2) is 3.57. The molecule has 11 heavy (non-hydrogen) atoms. The van der Waals surface area contributed by atoms with Gasteiger partial charge in [0.1, 0.15) is 0 Å². The summed E-state index contributed by atoms with van der Waals surface area (Å²) in [6, 6.07) is -0.341. The highest BCUT2D eigenvalue weighted by Crippen LogP contribution is 2.11. The van der Waals surface area contributed by atoms with Crippen molar-refractivity contribution in [2.45, 2.75) is 18.9 Å². The summed E-state index contributed by atoms with van der Waals surface area (Å²) in [5, 5.41) is 0. The van der Waals surface area contributed by atoms with Gasteiger partial charge >= 0.3 is 6.03 Å². The van der Waals surface area contributed by atoms with Gasteiger partial charge in [0.25, 0.3) is 0 Å². The zero-order valence-corrected chi connectivity index (χ0v) is 6.75. The number of methoxy groups -OCH3 is 1. The fourth-order valence-corrected chi connectivity index (χ4v) is 1.33. The van der Waals surface area contributed by atoms with E-state index >= 15 is 0 Å². The van der Waals surface area contributed by atoms with Crippen LogP contribution in [-0.2, 0) is 4.74 Å². The molecule has 2 amide bonds. The van der Waals surface area contributed by atoms with Crippen LogP contribution in [0.25, 0.3) is 0 Å². The van der Waals surface area contributed by atoms with Gasteiger partial charge in [-0.05, 0) is 12.8 Å². The largest absolute Gasteiger partial charge is 0.380 e. The summed E-state index contributed by atoms with van der Waals surface area (Å²) in [5.41, 5.74) is 5.12. The Kier molecular flexibility index (Phi) is 2.70. The number of nitrogens with two attached hydrogens (primary N) is 1. The third kappa shape index (κ3) is 2.08. The Balaban J connectivity index is 2.39. The normalized spacial score (nSPS) is 25.2. The Bertz CT molecular complexity index is 149. The fraction of sp³-hybridized carbons (Fsp3) is 0.857. The van der Waals surface area contributed by atoms with Crippen LogP contribution in [0.4, 0.5) is 4.79 Å². The van der Waals surface area contributed by atoms with E-state index in [2.05, 4.69) is 0 Å². The zero-order chi connectivity index (χ0) is 8.27. The number of primary amides is 1. The van der Waals surface area contributed by atoms with Crippen LogP contribution in [-0.4, -0.2) is 37.2 Å². The lowest BCUT2D eigenvalue weighted by Gasteiger charge is -2.30. The van der Waals surface area contributed by atoms with E-state index in [1.165, 1.54) is 0 Å². The lowest BCUT2D eigenvalue weighted by atomic mass is 10.1. The molecule has 1 rings (SSSR count). The Hall–Kier alpha value is -0.770. The van der Waals surface area contributed by atoms with Gasteiger partial charge in [0.15, 0.2) is 0 Å². The number of hydrogen-bond acceptors (Lipinski definition) is 2. The average molecular weight is 158 g/mol. The predicted molar refractivity (Wildman–Crippen MR) is 41.2 cm³/mol. The first-order chi connectivity index (χ1) is 5.24. The van der Waals surface area contributed by atoms with Crippen LogP contribution in [0, 0.1) is 0 Å². The maximum atomic E-state index is 10.7. The number of likely N-dealkylation sites (tertiary alicyclic amines) is 1. The summed E-state index contributed by atoms with van der Waals surface area (Å²) in [6.45, 7) is 1.42. The van der Waals surface area contributed by atoms with E-state index in [0.717, 1.165) is 19.4 Å². The number of urea groups is 1. The maximum absolute atomic E-state index is 10.7. The van der Waals surface area contributed by atoms with Gasteiger partial charge in [-0.15, -0.1) is 0 Å². The van der Waals surface area contributed by atoms with Gasteiger partial charge in [0.2, 0.25) is 0 Å². The number of amides is 2. The van der Waals surface area contributed by atoms with Crippen molar-refractivity contribution in [1.29, 1.82) is 0 Å². The second-order valence-electron chi connectivity index (χ2n) is 2.78. The summed E-state index contributed by atoms with van der Waals surface area (Å²) in [6.07, 6.45) is 2.19. The Morgan fingerprint density at radius 1 is 1.73 bits per heavy atom. The molecule has 2 N–H and O–H groups in total. The molecule has 0 spiro atoms. The van der Waals surface area contributed by atoms with Gasteiger partial charge < -0.3 is 15.4 Å². The van der Waals surface area contributed by atoms with Gasteiger partial charge in [0, 0.05) is 20.2 Å². The van der Waals surface area contributed by atoms with Crippen LogP contribution in [0.1, 0.15) is 12.8 Å². The Labute approximate surface area is 66.3 Å². The number of rotatable bonds is 1. The quantitative estimate of drug-likeness (QED) is 0.591. The van der Waals surface area contributed by atoms with Crippen LogP contribution >= 0.6 is 0 Å². The minimum atomic E-state index is -0.341. The monoisotopic (exact) mass is 158 g/mol. The predicted octanol–water partition coefficient (Wildman–Crippen LogP) is 0.176. The van der Waals surface area contributed by atoms with Gasteiger partial charge in [0.05, 0.1) is 6.10 Å². The fourth-order valence-electron chi connectivity index (χ4n) is 1.33. The van der Waals surface area contributed by atoms with Gasteiger partial charge in [-0.25, -0.2) is 4.79 Å². The molecule has 1 saturated heterocycles. The maximum Gasteiger partial charge on any atom is 0.314 e. The molecule has 4 nitrogen and oxygen atoms in total. The van der Waals surface area contributed by atoms with E-state index in [-0.39, 0.29) is 12.1 Å². The first-order valence-electron chi connectivity index (χ1n) is 3.81. The SMILES string of the molecule is COC1CCCN(C(N)=O)C1. The highest BCUT2D eigenvalue weighted by Gasteiger charge is 2.21. The van der Waals surface area contributed by atoms with Crippen molar-refractivity contribution in [3.8, 4) is 0 Å². The molecular weight excluding hydrogens is 144 g/mol. The minimum Gasteiger partial charge on any atom is -0.380 e. The van der Waals surface area contributed by atoms with Crippen molar-refractivity contribution in [2.24, 2.45) is 5.73 Å². The van der Waals surface area contributed by atoms with Gasteiger partial charge in [-0.1, -0.05) is 0 Å². The molecule has 0 aromatic carbocycles. The second-order valence-corrected chi connectivity index (χ2v) is 2.78. The lowest BCUT2D eigenvalue weighted by molar-refractivity contribution is 0.0450. The van der Waals surface area contributed by atoms with Crippen molar-refractivity contribution in [1.82, 2.24) is 4.90 Å². The summed E-state index contributed by atoms with van der Waals surface area (Å²) in [7, 11) is 1.66. The summed E-state index contributed by atoms with van der Waals surface area (Å²) < 4.78 is 5.12. The molecule has 0 radical (unpaired) electrons. The topological polar surface area (TPSA) is 55.6 Å². The van der Waals surface area contributed by atoms with Gasteiger partial charge in [-0.3, -0.25) is 0 Å². The van der Waals surface area contributed by atoms with Crippen molar-refractivity contribution in [3.05, 3.63) is 0 Å². The number of ether oxygens (including phenoxy) is 1. The van der Waals surface area contributed by atoms with E-state index in [9.17, 15) is 4.79 Å². The van der Waals surface area contributed by atoms with E-state index in [0.29, 0.717) is 6.54 Å². The van der Waals surface area contributed by atoms with Crippen LogP contribution in [0.15, 0.2) is 0 Å². The molecule has 1 fully saturated rings. The van der Waals surface area contributed by atoms with Crippen LogP contribution in [0.5, 0.6) is 0 Å². The average Bonchev–Trinajstić information content (AvgIpc) is 2.05. The molecule has 1 atom stereocenters.